The molecule has 2 amide bonds. The van der Waals surface area contributed by atoms with E-state index in [9.17, 15) is 14.0 Å². The number of nitrogens with zero attached hydrogens (tertiary/aromatic N) is 4. The Morgan fingerprint density at radius 1 is 1.10 bits per heavy atom. The third-order valence-corrected chi connectivity index (χ3v) is 8.07. The molecular weight excluding hydrogens is 544 g/mol. The lowest BCUT2D eigenvalue weighted by molar-refractivity contribution is -0.123. The van der Waals surface area contributed by atoms with Gasteiger partial charge in [-0.2, -0.15) is 5.10 Å². The molecule has 0 spiro atoms. The van der Waals surface area contributed by atoms with E-state index < -0.39 is 22.3 Å². The molecule has 0 saturated carbocycles. The van der Waals surface area contributed by atoms with Crippen LogP contribution in [0.4, 0.5) is 14.6 Å². The Morgan fingerprint density at radius 2 is 1.85 bits per heavy atom. The van der Waals surface area contributed by atoms with Gasteiger partial charge in [0.1, 0.15) is 24.0 Å². The average molecular weight is 576 g/mol. The number of aryl methyl sites for hydroxylation is 1. The molecule has 1 unspecified atom stereocenters. The van der Waals surface area contributed by atoms with E-state index >= 15 is 4.39 Å². The molecule has 0 bridgehead atoms. The first-order valence-corrected chi connectivity index (χ1v) is 14.3. The monoisotopic (exact) mass is 575 g/mol. The quantitative estimate of drug-likeness (QED) is 0.322. The van der Waals surface area contributed by atoms with Gasteiger partial charge in [-0.15, -0.1) is 11.8 Å². The van der Waals surface area contributed by atoms with Crippen molar-refractivity contribution < 1.29 is 18.4 Å². The van der Waals surface area contributed by atoms with Gasteiger partial charge in [-0.1, -0.05) is 39.0 Å². The van der Waals surface area contributed by atoms with Gasteiger partial charge in [0.15, 0.2) is 0 Å². The summed E-state index contributed by atoms with van der Waals surface area (Å²) in [6.07, 6.45) is 3.29. The molecule has 2 aromatic heterocycles. The van der Waals surface area contributed by atoms with Gasteiger partial charge in [-0.25, -0.2) is 13.5 Å². The molecule has 0 saturated heterocycles. The van der Waals surface area contributed by atoms with Crippen molar-refractivity contribution in [2.75, 3.05) is 17.2 Å². The number of nitrogens with one attached hydrogen (secondary N) is 1. The molecule has 7 nitrogen and oxygen atoms in total. The molecule has 1 N–H and O–H groups in total. The van der Waals surface area contributed by atoms with Crippen LogP contribution in [-0.4, -0.2) is 38.9 Å². The number of halogens is 2. The standard InChI is InChI=1S/C31H31F2N5O2S/c1-19-6-5-7-22(14-19)38-30-27(29(36-38)31(2,3)4)28(23-9-8-21(32)15-24(23)33)41-18-26(40)37(30)17-25(39)35-16-20-10-12-34-13-11-20/h5-15,28H,16-18H2,1-4H3,(H,35,39). The fraction of sp³-hybridized carbons (Fsp3) is 0.290. The predicted octanol–water partition coefficient (Wildman–Crippen LogP) is 5.64. The highest BCUT2D eigenvalue weighted by Gasteiger charge is 2.40. The smallest absolute Gasteiger partial charge is 0.240 e. The highest BCUT2D eigenvalue weighted by Crippen LogP contribution is 2.49. The fourth-order valence-corrected chi connectivity index (χ4v) is 6.09. The van der Waals surface area contributed by atoms with Crippen LogP contribution in [0, 0.1) is 18.6 Å². The largest absolute Gasteiger partial charge is 0.350 e. The topological polar surface area (TPSA) is 80.1 Å². The maximum atomic E-state index is 15.3. The number of thioether (sulfide) groups is 1. The van der Waals surface area contributed by atoms with E-state index in [1.54, 1.807) is 29.2 Å². The van der Waals surface area contributed by atoms with Gasteiger partial charge in [0, 0.05) is 41.5 Å². The second kappa shape index (κ2) is 11.4. The van der Waals surface area contributed by atoms with Crippen LogP contribution in [0.1, 0.15) is 54.0 Å². The molecule has 1 atom stereocenters. The lowest BCUT2D eigenvalue weighted by Gasteiger charge is -2.24. The second-order valence-corrected chi connectivity index (χ2v) is 12.1. The fourth-order valence-electron chi connectivity index (χ4n) is 4.87. The minimum atomic E-state index is -0.701. The molecule has 3 heterocycles. The Hall–Kier alpha value is -4.05. The number of fused-ring (bicyclic) bond motifs is 1. The average Bonchev–Trinajstić information content (AvgIpc) is 3.27. The number of carbonyl (C=O) groups excluding carboxylic acids is 2. The van der Waals surface area contributed by atoms with Crippen LogP contribution < -0.4 is 10.2 Å². The Morgan fingerprint density at radius 3 is 2.54 bits per heavy atom. The van der Waals surface area contributed by atoms with Crippen molar-refractivity contribution in [3.63, 3.8) is 0 Å². The van der Waals surface area contributed by atoms with Gasteiger partial charge >= 0.3 is 0 Å². The maximum absolute atomic E-state index is 15.3. The number of rotatable bonds is 6. The molecular formula is C31H31F2N5O2S. The minimum absolute atomic E-state index is 0.00873. The predicted molar refractivity (Wildman–Crippen MR) is 156 cm³/mol. The van der Waals surface area contributed by atoms with Crippen molar-refractivity contribution in [1.82, 2.24) is 20.1 Å². The summed E-state index contributed by atoms with van der Waals surface area (Å²) < 4.78 is 30.9. The SMILES string of the molecule is Cc1cccc(-n2nc(C(C)(C)C)c3c2N(CC(=O)NCc2ccncc2)C(=O)CSC3c2ccc(F)cc2F)c1. The highest BCUT2D eigenvalue weighted by atomic mass is 32.2. The number of anilines is 1. The molecule has 1 aliphatic rings. The van der Waals surface area contributed by atoms with Gasteiger partial charge in [-0.05, 0) is 48.4 Å². The minimum Gasteiger partial charge on any atom is -0.350 e. The molecule has 41 heavy (non-hydrogen) atoms. The molecule has 5 rings (SSSR count). The first kappa shape index (κ1) is 28.5. The lowest BCUT2D eigenvalue weighted by atomic mass is 9.87. The van der Waals surface area contributed by atoms with Crippen LogP contribution >= 0.6 is 11.8 Å². The van der Waals surface area contributed by atoms with Crippen molar-refractivity contribution >= 4 is 29.4 Å². The van der Waals surface area contributed by atoms with Crippen LogP contribution in [0.2, 0.25) is 0 Å². The Kier molecular flexibility index (Phi) is 7.95. The number of hydrogen-bond acceptors (Lipinski definition) is 5. The first-order chi connectivity index (χ1) is 19.5. The normalized spacial score (nSPS) is 15.4. The zero-order valence-electron chi connectivity index (χ0n) is 23.3. The van der Waals surface area contributed by atoms with E-state index in [1.807, 2.05) is 52.0 Å². The Labute approximate surface area is 242 Å². The van der Waals surface area contributed by atoms with Gasteiger partial charge < -0.3 is 5.32 Å². The highest BCUT2D eigenvalue weighted by molar-refractivity contribution is 8.00. The zero-order valence-corrected chi connectivity index (χ0v) is 24.1. The number of aromatic nitrogens is 3. The van der Waals surface area contributed by atoms with Crippen LogP contribution in [0.25, 0.3) is 5.69 Å². The Balaban J connectivity index is 1.67. The number of carbonyl (C=O) groups is 2. The van der Waals surface area contributed by atoms with Gasteiger partial charge in [-0.3, -0.25) is 19.5 Å². The molecule has 0 aliphatic carbocycles. The van der Waals surface area contributed by atoms with E-state index in [1.165, 1.54) is 28.8 Å². The summed E-state index contributed by atoms with van der Waals surface area (Å²) in [7, 11) is 0. The van der Waals surface area contributed by atoms with Crippen molar-refractivity contribution in [1.29, 1.82) is 0 Å². The van der Waals surface area contributed by atoms with Crippen molar-refractivity contribution in [2.24, 2.45) is 0 Å². The Bertz CT molecular complexity index is 1600. The van der Waals surface area contributed by atoms with E-state index in [2.05, 4.69) is 10.3 Å². The molecule has 10 heteroatoms. The summed E-state index contributed by atoms with van der Waals surface area (Å²) in [5.41, 5.74) is 3.60. The molecule has 0 radical (unpaired) electrons. The van der Waals surface area contributed by atoms with Gasteiger partial charge in [0.2, 0.25) is 11.8 Å². The zero-order chi connectivity index (χ0) is 29.3. The van der Waals surface area contributed by atoms with E-state index in [-0.39, 0.29) is 36.2 Å². The maximum Gasteiger partial charge on any atom is 0.240 e. The number of amides is 2. The molecule has 1 aliphatic heterocycles. The van der Waals surface area contributed by atoms with Crippen LogP contribution in [0.3, 0.4) is 0 Å². The molecule has 0 fully saturated rings. The van der Waals surface area contributed by atoms with E-state index in [4.69, 9.17) is 5.10 Å². The van der Waals surface area contributed by atoms with Crippen molar-refractivity contribution in [3.8, 4) is 5.69 Å². The van der Waals surface area contributed by atoms with Crippen LogP contribution in [0.5, 0.6) is 0 Å². The molecule has 2 aromatic carbocycles. The van der Waals surface area contributed by atoms with Gasteiger partial charge in [0.25, 0.3) is 0 Å². The van der Waals surface area contributed by atoms with E-state index in [0.29, 0.717) is 22.8 Å². The van der Waals surface area contributed by atoms with Crippen LogP contribution in [-0.2, 0) is 21.5 Å². The van der Waals surface area contributed by atoms with Crippen molar-refractivity contribution in [3.05, 3.63) is 107 Å². The van der Waals surface area contributed by atoms with E-state index in [0.717, 1.165) is 17.2 Å². The summed E-state index contributed by atoms with van der Waals surface area (Å²) in [6.45, 7) is 7.97. The summed E-state index contributed by atoms with van der Waals surface area (Å²) in [5, 5.41) is 7.22. The molecule has 4 aromatic rings. The second-order valence-electron chi connectivity index (χ2n) is 11.1. The molecule has 212 valence electrons. The number of pyridine rings is 1. The van der Waals surface area contributed by atoms with Gasteiger partial charge in [0.05, 0.1) is 22.4 Å². The number of benzene rings is 2. The van der Waals surface area contributed by atoms with Crippen molar-refractivity contribution in [2.45, 2.75) is 44.9 Å². The third-order valence-electron chi connectivity index (χ3n) is 6.83. The summed E-state index contributed by atoms with van der Waals surface area (Å²) >= 11 is 1.25. The summed E-state index contributed by atoms with van der Waals surface area (Å²) in [5.74, 6) is -1.65. The number of hydrogen-bond donors (Lipinski definition) is 1. The van der Waals surface area contributed by atoms with Crippen LogP contribution in [0.15, 0.2) is 67.0 Å². The third kappa shape index (κ3) is 6.02. The first-order valence-electron chi connectivity index (χ1n) is 13.3. The summed E-state index contributed by atoms with van der Waals surface area (Å²) in [4.78, 5) is 32.4. The lowest BCUT2D eigenvalue weighted by Crippen LogP contribution is -2.42. The summed E-state index contributed by atoms with van der Waals surface area (Å²) in [6, 6.07) is 14.8.